The second-order valence-electron chi connectivity index (χ2n) is 4.56. The highest BCUT2D eigenvalue weighted by atomic mass is 35.5. The van der Waals surface area contributed by atoms with Gasteiger partial charge in [0.2, 0.25) is 0 Å². The Bertz CT molecular complexity index is 693. The summed E-state index contributed by atoms with van der Waals surface area (Å²) in [6.07, 6.45) is 2.82. The first-order chi connectivity index (χ1) is 9.79. The highest BCUT2D eigenvalue weighted by Gasteiger charge is 2.15. The van der Waals surface area contributed by atoms with Crippen LogP contribution in [0.4, 0.5) is 0 Å². The Morgan fingerprint density at radius 1 is 1.40 bits per heavy atom. The van der Waals surface area contributed by atoms with Crippen molar-refractivity contribution in [2.75, 3.05) is 0 Å². The molecule has 1 aromatic carbocycles. The van der Waals surface area contributed by atoms with Crippen molar-refractivity contribution in [2.24, 2.45) is 0 Å². The fourth-order valence-corrected chi connectivity index (χ4v) is 3.32. The summed E-state index contributed by atoms with van der Waals surface area (Å²) in [7, 11) is 0. The van der Waals surface area contributed by atoms with Crippen LogP contribution in [0.25, 0.3) is 11.0 Å². The molecule has 3 nitrogen and oxygen atoms in total. The molecule has 1 N–H and O–H groups in total. The quantitative estimate of drug-likeness (QED) is 0.737. The van der Waals surface area contributed by atoms with E-state index in [-0.39, 0.29) is 6.04 Å². The number of nitrogens with zero attached hydrogens (tertiary/aromatic N) is 1. The molecule has 1 unspecified atom stereocenters. The average Bonchev–Trinajstić information content (AvgIpc) is 3.08. The Balaban J connectivity index is 1.81. The zero-order valence-corrected chi connectivity index (χ0v) is 12.7. The zero-order chi connectivity index (χ0) is 13.9. The minimum Gasteiger partial charge on any atom is -0.444 e. The van der Waals surface area contributed by atoms with E-state index < -0.39 is 0 Å². The summed E-state index contributed by atoms with van der Waals surface area (Å²) in [4.78, 5) is 4.37. The summed E-state index contributed by atoms with van der Waals surface area (Å²) >= 11 is 7.87. The van der Waals surface area contributed by atoms with Crippen LogP contribution in [0.15, 0.2) is 40.3 Å². The first kappa shape index (κ1) is 13.6. The minimum absolute atomic E-state index is 0.250. The predicted octanol–water partition coefficient (Wildman–Crippen LogP) is 4.78. The Morgan fingerprint density at radius 2 is 2.25 bits per heavy atom. The van der Waals surface area contributed by atoms with Crippen LogP contribution in [0.3, 0.4) is 0 Å². The fourth-order valence-electron chi connectivity index (χ4n) is 2.27. The molecule has 0 saturated carbocycles. The van der Waals surface area contributed by atoms with E-state index in [0.29, 0.717) is 11.8 Å². The number of halogens is 1. The second-order valence-corrected chi connectivity index (χ2v) is 5.83. The smallest absolute Gasteiger partial charge is 0.199 e. The van der Waals surface area contributed by atoms with Crippen molar-refractivity contribution in [3.63, 3.8) is 0 Å². The van der Waals surface area contributed by atoms with Gasteiger partial charge in [-0.2, -0.15) is 0 Å². The molecule has 3 aromatic rings. The highest BCUT2D eigenvalue weighted by molar-refractivity contribution is 7.09. The van der Waals surface area contributed by atoms with E-state index in [1.54, 1.807) is 11.3 Å². The Hall–Kier alpha value is -1.36. The maximum Gasteiger partial charge on any atom is 0.199 e. The standard InChI is InChI=1S/C15H15ClN2OS/c1-2-12(15-17-7-8-20-15)18-9-11-10-5-3-4-6-13(10)19-14(11)16/h3-8,12,18H,2,9H2,1H3. The van der Waals surface area contributed by atoms with E-state index in [9.17, 15) is 0 Å². The van der Waals surface area contributed by atoms with Gasteiger partial charge in [-0.15, -0.1) is 11.3 Å². The van der Waals surface area contributed by atoms with Gasteiger partial charge in [0.15, 0.2) is 5.22 Å². The maximum absolute atomic E-state index is 6.20. The number of benzene rings is 1. The molecule has 0 aliphatic carbocycles. The molecule has 0 radical (unpaired) electrons. The first-order valence-corrected chi connectivity index (χ1v) is 7.84. The molecule has 1 atom stereocenters. The van der Waals surface area contributed by atoms with Gasteiger partial charge >= 0.3 is 0 Å². The summed E-state index contributed by atoms with van der Waals surface area (Å²) < 4.78 is 5.57. The topological polar surface area (TPSA) is 38.1 Å². The first-order valence-electron chi connectivity index (χ1n) is 6.58. The van der Waals surface area contributed by atoms with E-state index in [1.165, 1.54) is 0 Å². The molecular weight excluding hydrogens is 292 g/mol. The minimum atomic E-state index is 0.250. The monoisotopic (exact) mass is 306 g/mol. The maximum atomic E-state index is 6.20. The van der Waals surface area contributed by atoms with Crippen LogP contribution in [0.2, 0.25) is 5.22 Å². The van der Waals surface area contributed by atoms with Crippen molar-refractivity contribution in [3.05, 3.63) is 51.6 Å². The van der Waals surface area contributed by atoms with Crippen molar-refractivity contribution in [1.29, 1.82) is 0 Å². The Labute approximate surface area is 126 Å². The molecule has 20 heavy (non-hydrogen) atoms. The van der Waals surface area contributed by atoms with Gasteiger partial charge in [0.25, 0.3) is 0 Å². The molecule has 0 fully saturated rings. The highest BCUT2D eigenvalue weighted by Crippen LogP contribution is 2.30. The van der Waals surface area contributed by atoms with E-state index in [4.69, 9.17) is 16.0 Å². The van der Waals surface area contributed by atoms with Gasteiger partial charge < -0.3 is 9.73 Å². The van der Waals surface area contributed by atoms with Gasteiger partial charge in [0.1, 0.15) is 10.6 Å². The van der Waals surface area contributed by atoms with E-state index in [2.05, 4.69) is 17.2 Å². The molecule has 0 saturated heterocycles. The number of rotatable bonds is 5. The number of thiazole rings is 1. The normalized spacial score (nSPS) is 12.9. The number of hydrogen-bond donors (Lipinski definition) is 1. The molecule has 0 amide bonds. The van der Waals surface area contributed by atoms with Crippen molar-refractivity contribution >= 4 is 33.9 Å². The SMILES string of the molecule is CCC(NCc1c(Cl)oc2ccccc12)c1nccs1. The van der Waals surface area contributed by atoms with Gasteiger partial charge in [-0.3, -0.25) is 0 Å². The summed E-state index contributed by atoms with van der Waals surface area (Å²) in [5.41, 5.74) is 1.84. The molecule has 0 bridgehead atoms. The molecule has 0 aliphatic heterocycles. The molecule has 3 rings (SSSR count). The molecular formula is C15H15ClN2OS. The van der Waals surface area contributed by atoms with Crippen LogP contribution in [0.1, 0.15) is 30.0 Å². The van der Waals surface area contributed by atoms with Crippen molar-refractivity contribution in [1.82, 2.24) is 10.3 Å². The van der Waals surface area contributed by atoms with E-state index in [0.717, 1.165) is 28.0 Å². The third-order valence-corrected chi connectivity index (χ3v) is 4.53. The Kier molecular flexibility index (Phi) is 4.05. The molecule has 2 aromatic heterocycles. The predicted molar refractivity (Wildman–Crippen MR) is 83.2 cm³/mol. The lowest BCUT2D eigenvalue weighted by atomic mass is 10.1. The zero-order valence-electron chi connectivity index (χ0n) is 11.1. The number of aromatic nitrogens is 1. The van der Waals surface area contributed by atoms with Crippen LogP contribution in [0.5, 0.6) is 0 Å². The van der Waals surface area contributed by atoms with Gasteiger partial charge in [-0.25, -0.2) is 4.98 Å². The fraction of sp³-hybridized carbons (Fsp3) is 0.267. The number of fused-ring (bicyclic) bond motifs is 1. The lowest BCUT2D eigenvalue weighted by Crippen LogP contribution is -2.20. The summed E-state index contributed by atoms with van der Waals surface area (Å²) in [6.45, 7) is 2.82. The van der Waals surface area contributed by atoms with Crippen molar-refractivity contribution in [3.8, 4) is 0 Å². The second kappa shape index (κ2) is 5.95. The molecule has 0 aliphatic rings. The number of furan rings is 1. The van der Waals surface area contributed by atoms with Crippen molar-refractivity contribution in [2.45, 2.75) is 25.9 Å². The van der Waals surface area contributed by atoms with Crippen LogP contribution in [0, 0.1) is 0 Å². The summed E-state index contributed by atoms with van der Waals surface area (Å²) in [5, 5.41) is 8.15. The summed E-state index contributed by atoms with van der Waals surface area (Å²) in [6, 6.07) is 8.16. The number of hydrogen-bond acceptors (Lipinski definition) is 4. The van der Waals surface area contributed by atoms with Gasteiger partial charge in [0, 0.05) is 29.1 Å². The van der Waals surface area contributed by atoms with Crippen LogP contribution in [-0.4, -0.2) is 4.98 Å². The van der Waals surface area contributed by atoms with Crippen LogP contribution in [-0.2, 0) is 6.54 Å². The molecule has 2 heterocycles. The third-order valence-electron chi connectivity index (χ3n) is 3.33. The van der Waals surface area contributed by atoms with Gasteiger partial charge in [-0.1, -0.05) is 25.1 Å². The van der Waals surface area contributed by atoms with E-state index in [1.807, 2.05) is 35.8 Å². The molecule has 5 heteroatoms. The number of nitrogens with one attached hydrogen (secondary N) is 1. The van der Waals surface area contributed by atoms with Crippen LogP contribution < -0.4 is 5.32 Å². The largest absolute Gasteiger partial charge is 0.444 e. The van der Waals surface area contributed by atoms with Crippen molar-refractivity contribution < 1.29 is 4.42 Å². The van der Waals surface area contributed by atoms with E-state index >= 15 is 0 Å². The summed E-state index contributed by atoms with van der Waals surface area (Å²) in [5.74, 6) is 0. The lowest BCUT2D eigenvalue weighted by Gasteiger charge is -2.13. The van der Waals surface area contributed by atoms with Gasteiger partial charge in [0.05, 0.1) is 6.04 Å². The molecule has 0 spiro atoms. The third kappa shape index (κ3) is 2.59. The lowest BCUT2D eigenvalue weighted by molar-refractivity contribution is 0.513. The van der Waals surface area contributed by atoms with Crippen LogP contribution >= 0.6 is 22.9 Å². The molecule has 104 valence electrons. The Morgan fingerprint density at radius 3 is 3.00 bits per heavy atom. The number of para-hydroxylation sites is 1. The van der Waals surface area contributed by atoms with Gasteiger partial charge in [-0.05, 0) is 24.1 Å². The average molecular weight is 307 g/mol.